The van der Waals surface area contributed by atoms with Crippen molar-refractivity contribution in [1.29, 1.82) is 0 Å². The van der Waals surface area contributed by atoms with Gasteiger partial charge in [0.1, 0.15) is 23.9 Å². The van der Waals surface area contributed by atoms with Crippen LogP contribution in [0.25, 0.3) is 24.3 Å². The number of benzene rings is 2. The second-order valence-electron chi connectivity index (χ2n) is 8.29. The number of rotatable bonds is 14. The molecule has 4 aromatic rings. The van der Waals surface area contributed by atoms with Gasteiger partial charge in [-0.3, -0.25) is 0 Å². The third-order valence-corrected chi connectivity index (χ3v) is 6.35. The van der Waals surface area contributed by atoms with Crippen LogP contribution in [0.5, 0.6) is 0 Å². The molecule has 0 unspecified atom stereocenters. The number of nitrogens with zero attached hydrogens (tertiary/aromatic N) is 2. The van der Waals surface area contributed by atoms with E-state index in [4.69, 9.17) is 18.3 Å². The summed E-state index contributed by atoms with van der Waals surface area (Å²) in [5.74, 6) is 1.14. The molecule has 0 spiro atoms. The Morgan fingerprint density at radius 3 is 1.46 bits per heavy atom. The van der Waals surface area contributed by atoms with Crippen LogP contribution in [0.1, 0.15) is 53.6 Å². The summed E-state index contributed by atoms with van der Waals surface area (Å²) in [6, 6.07) is 16.1. The quantitative estimate of drug-likeness (QED) is 0.131. The zero-order valence-corrected chi connectivity index (χ0v) is 23.5. The van der Waals surface area contributed by atoms with Gasteiger partial charge in [0, 0.05) is 34.3 Å². The molecule has 37 heavy (non-hydrogen) atoms. The van der Waals surface area contributed by atoms with Crippen LogP contribution >= 0.6 is 31.9 Å². The molecular formula is C29H28Br2N2O4. The van der Waals surface area contributed by atoms with E-state index in [0.717, 1.165) is 50.7 Å². The highest BCUT2D eigenvalue weighted by molar-refractivity contribution is 9.10. The third-order valence-electron chi connectivity index (χ3n) is 5.29. The van der Waals surface area contributed by atoms with E-state index >= 15 is 0 Å². The molecule has 0 radical (unpaired) electrons. The Morgan fingerprint density at radius 2 is 1.03 bits per heavy atom. The van der Waals surface area contributed by atoms with Crippen LogP contribution in [-0.4, -0.2) is 23.2 Å². The highest BCUT2D eigenvalue weighted by atomic mass is 79.9. The van der Waals surface area contributed by atoms with Gasteiger partial charge >= 0.3 is 0 Å². The maximum absolute atomic E-state index is 5.72. The van der Waals surface area contributed by atoms with Gasteiger partial charge in [0.25, 0.3) is 0 Å². The van der Waals surface area contributed by atoms with Crippen molar-refractivity contribution in [1.82, 2.24) is 9.97 Å². The lowest BCUT2D eigenvalue weighted by Gasteiger charge is -2.03. The van der Waals surface area contributed by atoms with Crippen molar-refractivity contribution in [2.24, 2.45) is 0 Å². The van der Waals surface area contributed by atoms with Gasteiger partial charge in [0.05, 0.1) is 13.2 Å². The molecule has 0 aliphatic carbocycles. The van der Waals surface area contributed by atoms with E-state index in [0.29, 0.717) is 38.2 Å². The first-order valence-electron chi connectivity index (χ1n) is 12.1. The Balaban J connectivity index is 1.03. The summed E-state index contributed by atoms with van der Waals surface area (Å²) in [7, 11) is 0. The summed E-state index contributed by atoms with van der Waals surface area (Å²) in [4.78, 5) is 8.87. The van der Waals surface area contributed by atoms with Gasteiger partial charge in [0.2, 0.25) is 11.8 Å². The number of unbranched alkanes of at least 4 members (excludes halogenated alkanes) is 2. The molecule has 192 valence electrons. The van der Waals surface area contributed by atoms with Gasteiger partial charge in [-0.05, 0) is 66.8 Å². The summed E-state index contributed by atoms with van der Waals surface area (Å²) < 4.78 is 24.5. The molecule has 0 aliphatic rings. The molecule has 0 amide bonds. The molecule has 0 aliphatic heterocycles. The van der Waals surface area contributed by atoms with Crippen LogP contribution in [0.3, 0.4) is 0 Å². The van der Waals surface area contributed by atoms with E-state index in [-0.39, 0.29) is 0 Å². The molecule has 2 heterocycles. The first-order valence-corrected chi connectivity index (χ1v) is 13.6. The van der Waals surface area contributed by atoms with Gasteiger partial charge in [-0.2, -0.15) is 0 Å². The molecule has 0 fully saturated rings. The molecule has 0 saturated heterocycles. The van der Waals surface area contributed by atoms with Gasteiger partial charge in [0.15, 0.2) is 0 Å². The number of oxazole rings is 2. The van der Waals surface area contributed by atoms with Crippen molar-refractivity contribution in [2.75, 3.05) is 13.2 Å². The van der Waals surface area contributed by atoms with E-state index < -0.39 is 0 Å². The van der Waals surface area contributed by atoms with Gasteiger partial charge in [-0.15, -0.1) is 0 Å². The number of hydrogen-bond acceptors (Lipinski definition) is 6. The number of halogens is 2. The molecule has 0 bridgehead atoms. The standard InChI is InChI=1S/C29H28Br2N2O4/c30-24-10-4-22(5-11-24)8-14-28-32-26(20-36-28)18-34-16-2-1-3-17-35-19-27-21-37-29(33-27)15-9-23-6-12-25(31)13-7-23/h4-15,20-21H,1-3,16-19H2/b14-8+,15-9+. The maximum atomic E-state index is 5.72. The van der Waals surface area contributed by atoms with Crippen molar-refractivity contribution >= 4 is 56.2 Å². The summed E-state index contributed by atoms with van der Waals surface area (Å²) >= 11 is 6.87. The average Bonchev–Trinajstić information content (AvgIpc) is 3.56. The molecule has 4 rings (SSSR count). The van der Waals surface area contributed by atoms with Crippen molar-refractivity contribution in [2.45, 2.75) is 32.5 Å². The zero-order chi connectivity index (χ0) is 25.7. The lowest BCUT2D eigenvalue weighted by Crippen LogP contribution is -1.99. The van der Waals surface area contributed by atoms with Crippen molar-refractivity contribution < 1.29 is 18.3 Å². The SMILES string of the molecule is Brc1ccc(/C=C/c2nc(COCCCCCOCc3coc(/C=C/c4ccc(Br)cc4)n3)co2)cc1. The molecule has 8 heteroatoms. The molecule has 0 N–H and O–H groups in total. The zero-order valence-electron chi connectivity index (χ0n) is 20.3. The largest absolute Gasteiger partial charge is 0.445 e. The Morgan fingerprint density at radius 1 is 0.595 bits per heavy atom. The summed E-state index contributed by atoms with van der Waals surface area (Å²) in [5.41, 5.74) is 3.74. The molecule has 6 nitrogen and oxygen atoms in total. The number of hydrogen-bond donors (Lipinski definition) is 0. The van der Waals surface area contributed by atoms with E-state index in [1.165, 1.54) is 0 Å². The lowest BCUT2D eigenvalue weighted by molar-refractivity contribution is 0.0992. The third kappa shape index (κ3) is 9.89. The van der Waals surface area contributed by atoms with E-state index in [2.05, 4.69) is 41.8 Å². The summed E-state index contributed by atoms with van der Waals surface area (Å²) in [6.07, 6.45) is 13.9. The van der Waals surface area contributed by atoms with Gasteiger partial charge in [-0.1, -0.05) is 56.1 Å². The highest BCUT2D eigenvalue weighted by Gasteiger charge is 2.03. The maximum Gasteiger partial charge on any atom is 0.218 e. The fourth-order valence-electron chi connectivity index (χ4n) is 3.35. The first-order chi connectivity index (χ1) is 18.1. The summed E-state index contributed by atoms with van der Waals surface area (Å²) in [5, 5.41) is 0. The minimum atomic E-state index is 0.441. The van der Waals surface area contributed by atoms with Crippen molar-refractivity contribution in [3.8, 4) is 0 Å². The van der Waals surface area contributed by atoms with E-state index in [1.54, 1.807) is 12.5 Å². The Hall–Kier alpha value is -2.78. The minimum Gasteiger partial charge on any atom is -0.445 e. The Bertz CT molecular complexity index is 1180. The molecule has 0 atom stereocenters. The molecule has 2 aromatic heterocycles. The van der Waals surface area contributed by atoms with Crippen LogP contribution in [0.4, 0.5) is 0 Å². The minimum absolute atomic E-state index is 0.441. The fraction of sp³-hybridized carbons (Fsp3) is 0.241. The molecule has 2 aromatic carbocycles. The van der Waals surface area contributed by atoms with E-state index in [9.17, 15) is 0 Å². The lowest BCUT2D eigenvalue weighted by atomic mass is 10.2. The predicted molar refractivity (Wildman–Crippen MR) is 152 cm³/mol. The Labute approximate surface area is 233 Å². The van der Waals surface area contributed by atoms with Crippen LogP contribution < -0.4 is 0 Å². The molecular weight excluding hydrogens is 600 g/mol. The van der Waals surface area contributed by atoms with Crippen molar-refractivity contribution in [3.63, 3.8) is 0 Å². The second kappa shape index (κ2) is 14.8. The second-order valence-corrected chi connectivity index (χ2v) is 10.1. The normalized spacial score (nSPS) is 11.7. The van der Waals surface area contributed by atoms with Crippen molar-refractivity contribution in [3.05, 3.63) is 104 Å². The predicted octanol–water partition coefficient (Wildman–Crippen LogP) is 8.43. The van der Waals surface area contributed by atoms with Gasteiger partial charge in [-0.25, -0.2) is 9.97 Å². The number of ether oxygens (including phenoxy) is 2. The highest BCUT2D eigenvalue weighted by Crippen LogP contribution is 2.15. The fourth-order valence-corrected chi connectivity index (χ4v) is 3.88. The van der Waals surface area contributed by atoms with Gasteiger partial charge < -0.3 is 18.3 Å². The monoisotopic (exact) mass is 626 g/mol. The van der Waals surface area contributed by atoms with Crippen LogP contribution in [0.2, 0.25) is 0 Å². The van der Waals surface area contributed by atoms with Crippen LogP contribution in [0.15, 0.2) is 78.8 Å². The first kappa shape index (κ1) is 27.3. The van der Waals surface area contributed by atoms with E-state index in [1.807, 2.05) is 72.8 Å². The average molecular weight is 628 g/mol. The topological polar surface area (TPSA) is 70.5 Å². The number of aromatic nitrogens is 2. The summed E-state index contributed by atoms with van der Waals surface area (Å²) in [6.45, 7) is 2.23. The van der Waals surface area contributed by atoms with Crippen LogP contribution in [-0.2, 0) is 22.7 Å². The smallest absolute Gasteiger partial charge is 0.218 e. The molecule has 0 saturated carbocycles. The Kier molecular flexibility index (Phi) is 10.9. The van der Waals surface area contributed by atoms with Crippen LogP contribution in [0, 0.1) is 0 Å².